The van der Waals surface area contributed by atoms with Gasteiger partial charge in [0.05, 0.1) is 72.2 Å². The number of nitrogens with zero attached hydrogens (tertiary/aromatic N) is 8. The predicted octanol–water partition coefficient (Wildman–Crippen LogP) is 18.8. The van der Waals surface area contributed by atoms with Crippen LogP contribution >= 0.6 is 34.8 Å². The monoisotopic (exact) mass is 1920 g/mol. The molecule has 7 aromatic rings. The molecule has 5 N–H and O–H groups in total. The van der Waals surface area contributed by atoms with Gasteiger partial charge in [0, 0.05) is 133 Å². The van der Waals surface area contributed by atoms with Gasteiger partial charge in [-0.15, -0.1) is 13.1 Å². The molecule has 6 bridgehead atoms. The summed E-state index contributed by atoms with van der Waals surface area (Å²) in [4.78, 5) is 61.3. The highest BCUT2D eigenvalue weighted by molar-refractivity contribution is 7.92. The second kappa shape index (κ2) is 40.0. The highest BCUT2D eigenvalue weighted by Gasteiger charge is 2.50. The van der Waals surface area contributed by atoms with Gasteiger partial charge in [-0.25, -0.2) is 22.9 Å². The summed E-state index contributed by atoms with van der Waals surface area (Å²) in [5, 5.41) is 18.7. The zero-order valence-electron chi connectivity index (χ0n) is 77.5. The molecule has 3 unspecified atom stereocenters. The van der Waals surface area contributed by atoms with Gasteiger partial charge in [0.15, 0.2) is 0 Å². The van der Waals surface area contributed by atoms with Crippen LogP contribution in [0.15, 0.2) is 141 Å². The number of amides is 4. The highest BCUT2D eigenvalue weighted by Crippen LogP contribution is 2.53. The van der Waals surface area contributed by atoms with Crippen molar-refractivity contribution in [3.63, 3.8) is 0 Å². The number of carbonyl (C=O) groups excluding carboxylic acids is 4. The second-order valence-electron chi connectivity index (χ2n) is 40.4. The molecule has 6 aliphatic carbocycles. The molecule has 3 saturated carbocycles. The number of ether oxygens (including phenoxy) is 6. The SMILES string of the molecule is CO[C@H]1/C=C/C[C@H](C)CS(N)(=O)=NC(=O)c2ccc3c(c2)N(C[C@@H]2CC[C@H]21)C[C@@]1(CCCc2cc(Cl)ccc21)CO3.CO[C@H]1CCC[C@H](C)CS(=O)(NC(=O)c2cn(C)nc2C)=NC(=O)c2ccc3c(c2)N(C[C@@H]2CC[C@H]21)C[C@@]1(CCCc2cc(Cl)ccc21)CO3.CO[C@H]1CCC[C@H](C)CS(N)(=O)=NC(=O)c2ccc3c(c2)N(C[C@@H]2CC[C@H]21)C[C@@]1(CCCc2cc(Cl)ccc21)CO3. The average molecular weight is 1920 g/mol. The maximum atomic E-state index is 14.5. The fraction of sp³-hybridized carbons (Fsp3) is 0.559. The number of rotatable bonds is 5. The highest BCUT2D eigenvalue weighted by atomic mass is 35.5. The minimum atomic E-state index is -3.50. The molecule has 7 heterocycles. The molecule has 4 amide bonds. The number of methoxy groups -OCH3 is 3. The number of hydrogen-bond acceptors (Lipinski definition) is 17. The molecule has 24 nitrogen and oxygen atoms in total. The van der Waals surface area contributed by atoms with E-state index < -0.39 is 53.4 Å². The van der Waals surface area contributed by atoms with Gasteiger partial charge >= 0.3 is 0 Å². The van der Waals surface area contributed by atoms with Crippen molar-refractivity contribution in [3.05, 3.63) is 204 Å². The van der Waals surface area contributed by atoms with Gasteiger partial charge < -0.3 is 43.1 Å². The van der Waals surface area contributed by atoms with E-state index in [9.17, 15) is 31.8 Å². The number of nitrogens with one attached hydrogen (secondary N) is 1. The summed E-state index contributed by atoms with van der Waals surface area (Å²) in [6.45, 7) is 14.2. The summed E-state index contributed by atoms with van der Waals surface area (Å²) in [6.07, 6.45) is 28.3. The zero-order valence-corrected chi connectivity index (χ0v) is 82.2. The third-order valence-corrected chi connectivity index (χ3v) is 36.6. The number of aromatic nitrogens is 2. The lowest BCUT2D eigenvalue weighted by atomic mass is 9.68. The minimum absolute atomic E-state index is 0.0166. The lowest BCUT2D eigenvalue weighted by molar-refractivity contribution is -0.0224. The first-order chi connectivity index (χ1) is 63.3. The van der Waals surface area contributed by atoms with Crippen LogP contribution in [0, 0.1) is 60.2 Å². The van der Waals surface area contributed by atoms with Gasteiger partial charge in [0.1, 0.15) is 47.0 Å². The van der Waals surface area contributed by atoms with Gasteiger partial charge in [-0.3, -0.25) is 28.6 Å². The normalized spacial score (nSPS) is 32.5. The number of nitrogens with two attached hydrogens (primary N) is 2. The number of hydrogen-bond donors (Lipinski definition) is 3. The van der Waals surface area contributed by atoms with E-state index >= 15 is 0 Å². The van der Waals surface area contributed by atoms with Gasteiger partial charge in [0.25, 0.3) is 23.6 Å². The van der Waals surface area contributed by atoms with Crippen molar-refractivity contribution in [2.45, 2.75) is 204 Å². The summed E-state index contributed by atoms with van der Waals surface area (Å²) in [5.41, 5.74) is 11.6. The van der Waals surface area contributed by atoms with E-state index in [0.717, 1.165) is 223 Å². The Morgan fingerprint density at radius 1 is 0.485 bits per heavy atom. The van der Waals surface area contributed by atoms with Gasteiger partial charge in [-0.2, -0.15) is 5.10 Å². The van der Waals surface area contributed by atoms with E-state index in [1.54, 1.807) is 45.5 Å². The smallest absolute Gasteiger partial charge is 0.286 e. The molecule has 0 radical (unpaired) electrons. The Hall–Kier alpha value is -7.93. The van der Waals surface area contributed by atoms with Crippen molar-refractivity contribution in [1.29, 1.82) is 0 Å². The van der Waals surface area contributed by atoms with Crippen molar-refractivity contribution >= 4 is 105 Å². The number of aryl methyl sites for hydroxylation is 5. The molecular formula is C102H130Cl3N11O13S3. The molecule has 6 aliphatic heterocycles. The van der Waals surface area contributed by atoms with Crippen LogP contribution in [0.2, 0.25) is 15.1 Å². The number of fused-ring (bicyclic) bond motifs is 12. The van der Waals surface area contributed by atoms with E-state index in [1.165, 1.54) is 38.1 Å². The fourth-order valence-corrected chi connectivity index (χ4v) is 29.2. The summed E-state index contributed by atoms with van der Waals surface area (Å²) in [5.74, 6) is 3.13. The Kier molecular flexibility index (Phi) is 29.0. The zero-order chi connectivity index (χ0) is 92.8. The molecule has 3 spiro atoms. The van der Waals surface area contributed by atoms with E-state index in [4.69, 9.17) is 73.5 Å². The van der Waals surface area contributed by atoms with Crippen LogP contribution in [0.4, 0.5) is 17.1 Å². The first-order valence-electron chi connectivity index (χ1n) is 47.7. The Balaban J connectivity index is 0.000000139. The van der Waals surface area contributed by atoms with Crippen LogP contribution < -0.4 is 43.9 Å². The van der Waals surface area contributed by atoms with Crippen LogP contribution in [0.1, 0.15) is 223 Å². The fourth-order valence-electron chi connectivity index (χ4n) is 23.9. The number of benzene rings is 6. The average Bonchev–Trinajstić information content (AvgIpc) is 1.52. The molecule has 6 aromatic carbocycles. The van der Waals surface area contributed by atoms with Crippen LogP contribution in [0.25, 0.3) is 0 Å². The molecule has 3 fully saturated rings. The molecule has 132 heavy (non-hydrogen) atoms. The summed E-state index contributed by atoms with van der Waals surface area (Å²) in [7, 11) is -2.67. The third-order valence-electron chi connectivity index (χ3n) is 30.9. The van der Waals surface area contributed by atoms with Crippen molar-refractivity contribution < 1.29 is 60.2 Å². The van der Waals surface area contributed by atoms with E-state index in [-0.39, 0.29) is 69.6 Å². The third kappa shape index (κ3) is 21.0. The minimum Gasteiger partial charge on any atom is -0.490 e. The summed E-state index contributed by atoms with van der Waals surface area (Å²) >= 11 is 19.3. The molecule has 12 aliphatic rings. The van der Waals surface area contributed by atoms with E-state index in [0.29, 0.717) is 89.7 Å². The lowest BCUT2D eigenvalue weighted by Gasteiger charge is -2.46. The molecule has 18 atom stereocenters. The maximum Gasteiger partial charge on any atom is 0.286 e. The van der Waals surface area contributed by atoms with Gasteiger partial charge in [-0.05, 0) is 313 Å². The standard InChI is InChI=1S/C38H48ClN5O5S.C32H42ClN3O4S.C32H40ClN3O4S/c1-24-7-5-9-34(48-4)30-13-10-28(30)19-44-22-38(16-6-8-26-17-29(39)12-14-32(26)38)23-49-35-15-11-27(18-33(35)44)36(45)41-50(47,21-24)42-37(46)31-20-43(3)40-25(31)2;2*1-21-5-3-7-29(39-2)26-11-8-24(26)17-36-19-32(14-4-6-22-15-25(33)10-12-27(22)32)20-40-30-13-9-23(16-28(30)36)31(37)35-41(34,38)18-21/h11-12,14-15,17-18,20,24,28,30,34H,5-10,13,16,19,21-23H2,1-4H3,(H,41,42,45,46,47);9-10,12-13,15-16,21,24,26,29H,3-8,11,14,17-20H2,1-2H3,(H2,34,35,37,38);3,7,9-10,12-13,15-16,21,24,26,29H,4-6,8,11,14,17-20H2,1-2H3,(H2,34,35,37,38)/b;;7-3+/t24-,28-,30+,34-,38-,50?;2*21-,24-,26+,29-,32-,41?/m000/s1. The lowest BCUT2D eigenvalue weighted by Crippen LogP contribution is -2.49. The molecule has 19 rings (SSSR count). The van der Waals surface area contributed by atoms with E-state index in [2.05, 4.69) is 86.2 Å². The predicted molar refractivity (Wildman–Crippen MR) is 524 cm³/mol. The van der Waals surface area contributed by atoms with Gasteiger partial charge in [0.2, 0.25) is 0 Å². The maximum absolute atomic E-state index is 14.5. The van der Waals surface area contributed by atoms with Gasteiger partial charge in [-0.1, -0.05) is 98.8 Å². The Labute approximate surface area is 795 Å². The van der Waals surface area contributed by atoms with Crippen LogP contribution in [-0.2, 0) is 86.5 Å². The summed E-state index contributed by atoms with van der Waals surface area (Å²) < 4.78 is 95.4. The Morgan fingerprint density at radius 3 is 1.26 bits per heavy atom. The Morgan fingerprint density at radius 2 is 0.879 bits per heavy atom. The van der Waals surface area contributed by atoms with Crippen LogP contribution in [0.5, 0.6) is 17.2 Å². The molecule has 1 aromatic heterocycles. The van der Waals surface area contributed by atoms with Crippen molar-refractivity contribution in [3.8, 4) is 17.2 Å². The van der Waals surface area contributed by atoms with Crippen molar-refractivity contribution in [2.24, 2.45) is 83.7 Å². The molecular weight excluding hydrogens is 1790 g/mol. The number of allylic oxidation sites excluding steroid dienone is 1. The first kappa shape index (κ1) is 95.8. The Bertz CT molecular complexity index is 5960. The van der Waals surface area contributed by atoms with Crippen LogP contribution in [0.3, 0.4) is 0 Å². The first-order valence-corrected chi connectivity index (χ1v) is 54.0. The quantitative estimate of drug-likeness (QED) is 0.135. The summed E-state index contributed by atoms with van der Waals surface area (Å²) in [6, 6.07) is 35.1. The van der Waals surface area contributed by atoms with E-state index in [1.807, 2.05) is 89.6 Å². The number of halogens is 3. The van der Waals surface area contributed by atoms with Crippen molar-refractivity contribution in [1.82, 2.24) is 14.5 Å². The molecule has 0 saturated heterocycles. The van der Waals surface area contributed by atoms with Crippen molar-refractivity contribution in [2.75, 3.05) is 112 Å². The molecule has 30 heteroatoms. The molecule has 710 valence electrons. The topological polar surface area (TPSA) is 304 Å². The number of carbonyl (C=O) groups is 4. The number of anilines is 3. The second-order valence-corrected chi connectivity index (χ2v) is 47.5. The van der Waals surface area contributed by atoms with Crippen LogP contribution in [-0.4, -0.2) is 162 Å². The largest absolute Gasteiger partial charge is 0.490 e.